The number of aromatic nitrogens is 2. The van der Waals surface area contributed by atoms with Gasteiger partial charge in [0.05, 0.1) is 12.1 Å². The fourth-order valence-electron chi connectivity index (χ4n) is 1.26. The van der Waals surface area contributed by atoms with Crippen LogP contribution in [-0.4, -0.2) is 29.0 Å². The molecule has 1 amide bonds. The minimum atomic E-state index is -0.186. The first kappa shape index (κ1) is 11.7. The summed E-state index contributed by atoms with van der Waals surface area (Å²) in [6.45, 7) is 3.84. The van der Waals surface area contributed by atoms with Gasteiger partial charge < -0.3 is 15.6 Å². The largest absolute Gasteiger partial charge is 0.347 e. The van der Waals surface area contributed by atoms with Gasteiger partial charge in [0.1, 0.15) is 5.82 Å². The van der Waals surface area contributed by atoms with E-state index in [4.69, 9.17) is 0 Å². The van der Waals surface area contributed by atoms with Crippen LogP contribution in [-0.2, 0) is 4.79 Å². The van der Waals surface area contributed by atoms with E-state index in [2.05, 4.69) is 20.6 Å². The molecule has 0 saturated carbocycles. The monoisotopic (exact) mass is 210 g/mol. The summed E-state index contributed by atoms with van der Waals surface area (Å²) in [6, 6.07) is -0.225. The number of carbonyl (C=O) groups is 1. The average molecular weight is 210 g/mol. The Morgan fingerprint density at radius 2 is 2.40 bits per heavy atom. The van der Waals surface area contributed by atoms with Crippen LogP contribution < -0.4 is 10.6 Å². The summed E-state index contributed by atoms with van der Waals surface area (Å²) in [6.07, 6.45) is 4.26. The van der Waals surface area contributed by atoms with Crippen molar-refractivity contribution in [1.29, 1.82) is 0 Å². The van der Waals surface area contributed by atoms with Crippen molar-refractivity contribution < 1.29 is 4.79 Å². The first-order valence-electron chi connectivity index (χ1n) is 5.16. The first-order valence-corrected chi connectivity index (χ1v) is 5.16. The number of nitrogens with one attached hydrogen (secondary N) is 3. The maximum atomic E-state index is 11.6. The van der Waals surface area contributed by atoms with E-state index in [9.17, 15) is 4.79 Å². The third-order valence-electron chi connectivity index (χ3n) is 2.40. The van der Waals surface area contributed by atoms with Gasteiger partial charge >= 0.3 is 0 Å². The Hall–Kier alpha value is -1.36. The second-order valence-corrected chi connectivity index (χ2v) is 3.45. The number of aromatic amines is 1. The molecule has 5 nitrogen and oxygen atoms in total. The van der Waals surface area contributed by atoms with Crippen LogP contribution in [0.1, 0.15) is 32.1 Å². The van der Waals surface area contributed by atoms with E-state index in [1.165, 1.54) is 0 Å². The lowest BCUT2D eigenvalue weighted by atomic mass is 10.2. The van der Waals surface area contributed by atoms with Gasteiger partial charge in [-0.2, -0.15) is 0 Å². The van der Waals surface area contributed by atoms with E-state index in [1.807, 2.05) is 13.8 Å². The number of carbonyl (C=O) groups excluding carboxylic acids is 1. The van der Waals surface area contributed by atoms with Gasteiger partial charge in [0.15, 0.2) is 0 Å². The lowest BCUT2D eigenvalue weighted by Gasteiger charge is -2.17. The maximum Gasteiger partial charge on any atom is 0.237 e. The van der Waals surface area contributed by atoms with Crippen molar-refractivity contribution in [3.8, 4) is 0 Å². The molecule has 1 heterocycles. The molecule has 0 saturated heterocycles. The Labute approximate surface area is 89.7 Å². The van der Waals surface area contributed by atoms with Crippen LogP contribution in [0.5, 0.6) is 0 Å². The quantitative estimate of drug-likeness (QED) is 0.666. The molecule has 2 atom stereocenters. The van der Waals surface area contributed by atoms with Gasteiger partial charge in [0, 0.05) is 12.4 Å². The normalized spacial score (nSPS) is 14.6. The fourth-order valence-corrected chi connectivity index (χ4v) is 1.26. The molecule has 1 aromatic rings. The Balaban J connectivity index is 2.58. The van der Waals surface area contributed by atoms with E-state index >= 15 is 0 Å². The van der Waals surface area contributed by atoms with Gasteiger partial charge in [0.25, 0.3) is 0 Å². The highest BCUT2D eigenvalue weighted by Gasteiger charge is 2.17. The highest BCUT2D eigenvalue weighted by molar-refractivity contribution is 5.81. The van der Waals surface area contributed by atoms with E-state index in [0.29, 0.717) is 0 Å². The Morgan fingerprint density at radius 1 is 1.67 bits per heavy atom. The molecule has 0 aliphatic heterocycles. The van der Waals surface area contributed by atoms with Crippen LogP contribution >= 0.6 is 0 Å². The third-order valence-corrected chi connectivity index (χ3v) is 2.40. The Morgan fingerprint density at radius 3 is 2.87 bits per heavy atom. The molecule has 0 fully saturated rings. The lowest BCUT2D eigenvalue weighted by molar-refractivity contribution is -0.123. The van der Waals surface area contributed by atoms with Crippen molar-refractivity contribution in [2.24, 2.45) is 0 Å². The molecular formula is C10H18N4O. The summed E-state index contributed by atoms with van der Waals surface area (Å²) in [7, 11) is 1.76. The highest BCUT2D eigenvalue weighted by atomic mass is 16.2. The number of imidazole rings is 1. The number of amides is 1. The van der Waals surface area contributed by atoms with Gasteiger partial charge in [-0.05, 0) is 20.4 Å². The lowest BCUT2D eigenvalue weighted by Crippen LogP contribution is -2.42. The van der Waals surface area contributed by atoms with Gasteiger partial charge in [-0.1, -0.05) is 6.92 Å². The first-order chi connectivity index (χ1) is 7.19. The molecule has 1 aromatic heterocycles. The topological polar surface area (TPSA) is 69.8 Å². The molecule has 0 bridgehead atoms. The van der Waals surface area contributed by atoms with Gasteiger partial charge in [-0.15, -0.1) is 0 Å². The van der Waals surface area contributed by atoms with Crippen molar-refractivity contribution in [2.45, 2.75) is 32.4 Å². The molecule has 0 radical (unpaired) electrons. The van der Waals surface area contributed by atoms with Crippen molar-refractivity contribution in [2.75, 3.05) is 7.05 Å². The van der Waals surface area contributed by atoms with E-state index in [1.54, 1.807) is 19.4 Å². The van der Waals surface area contributed by atoms with Crippen LogP contribution in [0.2, 0.25) is 0 Å². The summed E-state index contributed by atoms with van der Waals surface area (Å²) in [5, 5.41) is 5.82. The standard InChI is InChI=1S/C10H18N4O/c1-4-8(9-12-5-6-13-9)14-10(15)7(2)11-3/h5-8,11H,4H2,1-3H3,(H,12,13)(H,14,15). The number of hydrogen-bond acceptors (Lipinski definition) is 3. The van der Waals surface area contributed by atoms with Gasteiger partial charge in [-0.3, -0.25) is 4.79 Å². The molecule has 84 valence electrons. The molecule has 0 spiro atoms. The summed E-state index contributed by atoms with van der Waals surface area (Å²) in [4.78, 5) is 18.8. The van der Waals surface area contributed by atoms with Gasteiger partial charge in [-0.25, -0.2) is 4.98 Å². The zero-order chi connectivity index (χ0) is 11.3. The van der Waals surface area contributed by atoms with Crippen LogP contribution in [0.3, 0.4) is 0 Å². The summed E-state index contributed by atoms with van der Waals surface area (Å²) < 4.78 is 0. The van der Waals surface area contributed by atoms with Crippen LogP contribution in [0, 0.1) is 0 Å². The summed E-state index contributed by atoms with van der Waals surface area (Å²) in [5.41, 5.74) is 0. The minimum Gasteiger partial charge on any atom is -0.347 e. The number of rotatable bonds is 5. The van der Waals surface area contributed by atoms with Crippen LogP contribution in [0.4, 0.5) is 0 Å². The third kappa shape index (κ3) is 3.06. The fraction of sp³-hybridized carbons (Fsp3) is 0.600. The predicted octanol–water partition coefficient (Wildman–Crippen LogP) is 0.585. The molecule has 5 heteroatoms. The number of nitrogens with zero attached hydrogens (tertiary/aromatic N) is 1. The predicted molar refractivity (Wildman–Crippen MR) is 58.3 cm³/mol. The summed E-state index contributed by atoms with van der Waals surface area (Å²) >= 11 is 0. The van der Waals surface area contributed by atoms with Gasteiger partial charge in [0.2, 0.25) is 5.91 Å². The molecule has 0 aromatic carbocycles. The molecule has 0 aliphatic carbocycles. The highest BCUT2D eigenvalue weighted by Crippen LogP contribution is 2.11. The maximum absolute atomic E-state index is 11.6. The summed E-state index contributed by atoms with van der Waals surface area (Å²) in [5.74, 6) is 0.787. The minimum absolute atomic E-state index is 0.0132. The van der Waals surface area contributed by atoms with Crippen molar-refractivity contribution in [3.05, 3.63) is 18.2 Å². The second kappa shape index (κ2) is 5.50. The van der Waals surface area contributed by atoms with Crippen molar-refractivity contribution >= 4 is 5.91 Å². The second-order valence-electron chi connectivity index (χ2n) is 3.45. The molecule has 15 heavy (non-hydrogen) atoms. The smallest absolute Gasteiger partial charge is 0.237 e. The number of likely N-dealkylation sites (N-methyl/N-ethyl adjacent to an activating group) is 1. The van der Waals surface area contributed by atoms with Crippen LogP contribution in [0.15, 0.2) is 12.4 Å². The van der Waals surface area contributed by atoms with E-state index in [-0.39, 0.29) is 18.0 Å². The Kier molecular flexibility index (Phi) is 4.30. The van der Waals surface area contributed by atoms with Crippen LogP contribution in [0.25, 0.3) is 0 Å². The number of hydrogen-bond donors (Lipinski definition) is 3. The van der Waals surface area contributed by atoms with Crippen molar-refractivity contribution in [3.63, 3.8) is 0 Å². The molecule has 2 unspecified atom stereocenters. The zero-order valence-electron chi connectivity index (χ0n) is 9.37. The molecule has 3 N–H and O–H groups in total. The zero-order valence-corrected chi connectivity index (χ0v) is 9.37. The average Bonchev–Trinajstić information content (AvgIpc) is 2.77. The van der Waals surface area contributed by atoms with E-state index < -0.39 is 0 Å². The SMILES string of the molecule is CCC(NC(=O)C(C)NC)c1ncc[nH]1. The number of H-pyrrole nitrogens is 1. The van der Waals surface area contributed by atoms with E-state index in [0.717, 1.165) is 12.2 Å². The Bertz CT molecular complexity index is 296. The molecule has 1 rings (SSSR count). The molecular weight excluding hydrogens is 192 g/mol. The van der Waals surface area contributed by atoms with Crippen molar-refractivity contribution in [1.82, 2.24) is 20.6 Å². The molecule has 0 aliphatic rings.